The van der Waals surface area contributed by atoms with Crippen molar-refractivity contribution in [3.05, 3.63) is 41.2 Å². The third kappa shape index (κ3) is 5.28. The number of ether oxygens (including phenoxy) is 1. The minimum absolute atomic E-state index is 0.00566. The average Bonchev–Trinajstić information content (AvgIpc) is 3.58. The molecule has 1 unspecified atom stereocenters. The highest BCUT2D eigenvalue weighted by Crippen LogP contribution is 2.37. The first-order valence-electron chi connectivity index (χ1n) is 13.0. The number of fused-ring (bicyclic) bond motifs is 1. The maximum Gasteiger partial charge on any atom is 0.228 e. The Bertz CT molecular complexity index is 1680. The molecule has 12 heteroatoms. The Hall–Kier alpha value is -3.35. The Labute approximate surface area is 230 Å². The molecule has 4 aromatic rings. The number of nitrogens with one attached hydrogen (secondary N) is 2. The second-order valence-electron chi connectivity index (χ2n) is 10.2. The highest BCUT2D eigenvalue weighted by molar-refractivity contribution is 7.90. The smallest absolute Gasteiger partial charge is 0.228 e. The predicted molar refractivity (Wildman–Crippen MR) is 151 cm³/mol. The summed E-state index contributed by atoms with van der Waals surface area (Å²) in [7, 11) is -3.60. The molecule has 2 N–H and O–H groups in total. The van der Waals surface area contributed by atoms with Gasteiger partial charge in [-0.1, -0.05) is 0 Å². The van der Waals surface area contributed by atoms with E-state index in [1.807, 2.05) is 29.9 Å². The van der Waals surface area contributed by atoms with Crippen molar-refractivity contribution in [3.63, 3.8) is 0 Å². The van der Waals surface area contributed by atoms with E-state index in [0.717, 1.165) is 54.2 Å². The van der Waals surface area contributed by atoms with Crippen molar-refractivity contribution in [1.82, 2.24) is 19.5 Å². The van der Waals surface area contributed by atoms with E-state index >= 15 is 0 Å². The van der Waals surface area contributed by atoms with Gasteiger partial charge < -0.3 is 15.4 Å². The van der Waals surface area contributed by atoms with Gasteiger partial charge in [0, 0.05) is 41.5 Å². The van der Waals surface area contributed by atoms with E-state index in [4.69, 9.17) is 14.7 Å². The number of aryl methyl sites for hydroxylation is 2. The number of hydrogen-bond donors (Lipinski definition) is 2. The molecule has 10 nitrogen and oxygen atoms in total. The lowest BCUT2D eigenvalue weighted by Gasteiger charge is -2.25. The van der Waals surface area contributed by atoms with Crippen molar-refractivity contribution >= 4 is 55.4 Å². The van der Waals surface area contributed by atoms with Crippen LogP contribution in [0.25, 0.3) is 21.7 Å². The lowest BCUT2D eigenvalue weighted by Crippen LogP contribution is -2.20. The zero-order chi connectivity index (χ0) is 27.3. The predicted octanol–water partition coefficient (Wildman–Crippen LogP) is 5.37. The van der Waals surface area contributed by atoms with Crippen LogP contribution < -0.4 is 10.6 Å². The molecule has 1 aromatic carbocycles. The zero-order valence-corrected chi connectivity index (χ0v) is 23.7. The van der Waals surface area contributed by atoms with Gasteiger partial charge in [-0.05, 0) is 64.2 Å². The Morgan fingerprint density at radius 2 is 1.90 bits per heavy atom. The van der Waals surface area contributed by atoms with Crippen LogP contribution >= 0.6 is 11.3 Å². The highest BCUT2D eigenvalue weighted by atomic mass is 32.2. The van der Waals surface area contributed by atoms with Gasteiger partial charge in [-0.25, -0.2) is 23.4 Å². The number of sulfone groups is 1. The Kier molecular flexibility index (Phi) is 6.64. The molecular weight excluding hydrogens is 536 g/mol. The Balaban J connectivity index is 1.46. The van der Waals surface area contributed by atoms with Crippen molar-refractivity contribution in [1.29, 1.82) is 0 Å². The molecule has 1 atom stereocenters. The molecule has 4 heterocycles. The van der Waals surface area contributed by atoms with Gasteiger partial charge in [-0.3, -0.25) is 9.36 Å². The number of carbonyl (C=O) groups excluding carboxylic acids is 1. The largest absolute Gasteiger partial charge is 0.358 e. The molecule has 2 fully saturated rings. The van der Waals surface area contributed by atoms with Crippen LogP contribution in [0.5, 0.6) is 0 Å². The van der Waals surface area contributed by atoms with Gasteiger partial charge in [0.05, 0.1) is 16.3 Å². The first-order valence-corrected chi connectivity index (χ1v) is 15.8. The summed E-state index contributed by atoms with van der Waals surface area (Å²) in [6.45, 7) is 4.47. The number of imidazole rings is 1. The fraction of sp³-hybridized carbons (Fsp3) is 0.407. The maximum absolute atomic E-state index is 12.9. The van der Waals surface area contributed by atoms with E-state index in [9.17, 15) is 13.2 Å². The normalized spacial score (nSPS) is 17.9. The standard InChI is InChI=1S/C27H30N6O4S2/c1-15-14-38-27(28-15)18-9-10-19(21(12-18)39(3,35)36)30-20-13-22(32-26(34)17-7-8-17)31-25-24(20)29-16(2)33(25)23-6-4-5-11-37-23/h9-10,12-14,17,23H,4-8,11H2,1-3H3,(H2,30,31,32,34). The van der Waals surface area contributed by atoms with Crippen LogP contribution in [0.15, 0.2) is 34.5 Å². The van der Waals surface area contributed by atoms with E-state index < -0.39 is 9.84 Å². The van der Waals surface area contributed by atoms with Gasteiger partial charge in [0.1, 0.15) is 28.4 Å². The lowest BCUT2D eigenvalue weighted by atomic mass is 10.2. The van der Waals surface area contributed by atoms with Gasteiger partial charge in [-0.2, -0.15) is 0 Å². The number of benzene rings is 1. The van der Waals surface area contributed by atoms with Crippen LogP contribution in [-0.4, -0.2) is 46.7 Å². The van der Waals surface area contributed by atoms with E-state index in [1.165, 1.54) is 17.6 Å². The molecule has 1 saturated heterocycles. The number of anilines is 3. The molecule has 1 aliphatic carbocycles. The number of pyridine rings is 1. The molecule has 3 aromatic heterocycles. The second-order valence-corrected chi connectivity index (χ2v) is 13.1. The first-order chi connectivity index (χ1) is 18.7. The molecular formula is C27H30N6O4S2. The third-order valence-corrected chi connectivity index (χ3v) is 9.13. The molecule has 1 saturated carbocycles. The minimum atomic E-state index is -3.60. The monoisotopic (exact) mass is 566 g/mol. The van der Waals surface area contributed by atoms with E-state index in [-0.39, 0.29) is 22.9 Å². The van der Waals surface area contributed by atoms with Crippen LogP contribution in [0, 0.1) is 19.8 Å². The first kappa shape index (κ1) is 25.9. The van der Waals surface area contributed by atoms with Crippen molar-refractivity contribution in [2.24, 2.45) is 5.92 Å². The van der Waals surface area contributed by atoms with Crippen molar-refractivity contribution in [2.45, 2.75) is 57.1 Å². The summed E-state index contributed by atoms with van der Waals surface area (Å²) in [5.41, 5.74) is 3.71. The summed E-state index contributed by atoms with van der Waals surface area (Å²) < 4.78 is 33.8. The average molecular weight is 567 g/mol. The topological polar surface area (TPSA) is 128 Å². The molecule has 2 aliphatic rings. The quantitative estimate of drug-likeness (QED) is 0.306. The lowest BCUT2D eigenvalue weighted by molar-refractivity contribution is -0.117. The number of amides is 1. The number of hydrogen-bond acceptors (Lipinski definition) is 9. The summed E-state index contributed by atoms with van der Waals surface area (Å²) in [5, 5.41) is 8.93. The number of thiazole rings is 1. The van der Waals surface area contributed by atoms with E-state index in [2.05, 4.69) is 15.6 Å². The number of nitrogens with zero attached hydrogens (tertiary/aromatic N) is 4. The van der Waals surface area contributed by atoms with Crippen LogP contribution in [0.4, 0.5) is 17.2 Å². The Morgan fingerprint density at radius 3 is 2.56 bits per heavy atom. The third-order valence-electron chi connectivity index (χ3n) is 6.98. The van der Waals surface area contributed by atoms with Gasteiger partial charge in [0.25, 0.3) is 0 Å². The van der Waals surface area contributed by atoms with Crippen LogP contribution in [0.1, 0.15) is 49.9 Å². The highest BCUT2D eigenvalue weighted by Gasteiger charge is 2.31. The van der Waals surface area contributed by atoms with Crippen LogP contribution in [0.3, 0.4) is 0 Å². The van der Waals surface area contributed by atoms with Gasteiger partial charge in [0.2, 0.25) is 5.91 Å². The molecule has 0 radical (unpaired) electrons. The summed E-state index contributed by atoms with van der Waals surface area (Å²) in [5.74, 6) is 1.06. The molecule has 0 spiro atoms. The van der Waals surface area contributed by atoms with E-state index in [0.29, 0.717) is 35.0 Å². The molecule has 6 rings (SSSR count). The fourth-order valence-electron chi connectivity index (χ4n) is 4.87. The molecule has 39 heavy (non-hydrogen) atoms. The van der Waals surface area contributed by atoms with Crippen molar-refractivity contribution in [3.8, 4) is 10.6 Å². The minimum Gasteiger partial charge on any atom is -0.358 e. The summed E-state index contributed by atoms with van der Waals surface area (Å²) in [6, 6.07) is 6.95. The number of aromatic nitrogens is 4. The second kappa shape index (κ2) is 10.00. The number of rotatable bonds is 7. The summed E-state index contributed by atoms with van der Waals surface area (Å²) in [6.07, 6.45) is 5.61. The van der Waals surface area contributed by atoms with Crippen LogP contribution in [0.2, 0.25) is 0 Å². The van der Waals surface area contributed by atoms with Gasteiger partial charge >= 0.3 is 0 Å². The Morgan fingerprint density at radius 1 is 1.08 bits per heavy atom. The number of carbonyl (C=O) groups is 1. The molecule has 204 valence electrons. The van der Waals surface area contributed by atoms with E-state index in [1.54, 1.807) is 18.2 Å². The summed E-state index contributed by atoms with van der Waals surface area (Å²) >= 11 is 1.47. The van der Waals surface area contributed by atoms with Crippen molar-refractivity contribution in [2.75, 3.05) is 23.5 Å². The van der Waals surface area contributed by atoms with Gasteiger partial charge in [-0.15, -0.1) is 11.3 Å². The molecule has 1 aliphatic heterocycles. The maximum atomic E-state index is 12.9. The summed E-state index contributed by atoms with van der Waals surface area (Å²) in [4.78, 5) is 26.9. The SMILES string of the molecule is Cc1csc(-c2ccc(Nc3cc(NC(=O)C4CC4)nc4c3nc(C)n4C3CCCCO3)c(S(C)(=O)=O)c2)n1. The fourth-order valence-corrected chi connectivity index (χ4v) is 6.53. The molecule has 1 amide bonds. The molecule has 0 bridgehead atoms. The van der Waals surface area contributed by atoms with Gasteiger partial charge in [0.15, 0.2) is 15.5 Å². The van der Waals surface area contributed by atoms with Crippen molar-refractivity contribution < 1.29 is 17.9 Å². The zero-order valence-electron chi connectivity index (χ0n) is 22.0. The van der Waals surface area contributed by atoms with Crippen LogP contribution in [-0.2, 0) is 19.4 Å².